The number of carbonyl (C=O) groups is 1. The molecule has 0 unspecified atom stereocenters. The lowest BCUT2D eigenvalue weighted by molar-refractivity contribution is 0.0299. The molecule has 9 heteroatoms. The van der Waals surface area contributed by atoms with E-state index in [1.54, 1.807) is 35.5 Å². The standard InChI is InChI=1S/C22H19ClN6O2/c23-15-3-5-24-19(13-15)18-4-6-25-22(28-18)26-16-1-2-17-14(11-16)12-20(27-17)21(30)29-7-9-31-10-8-29/h1-6,11-13,27H,7-10H2,(H,25,26,28). The van der Waals surface area contributed by atoms with Gasteiger partial charge in [-0.2, -0.15) is 0 Å². The number of pyridine rings is 1. The van der Waals surface area contributed by atoms with Gasteiger partial charge in [-0.1, -0.05) is 11.6 Å². The highest BCUT2D eigenvalue weighted by atomic mass is 35.5. The largest absolute Gasteiger partial charge is 0.378 e. The molecule has 1 aromatic carbocycles. The molecule has 1 aliphatic heterocycles. The molecule has 1 fully saturated rings. The summed E-state index contributed by atoms with van der Waals surface area (Å²) in [7, 11) is 0. The van der Waals surface area contributed by atoms with E-state index in [0.29, 0.717) is 54.4 Å². The highest BCUT2D eigenvalue weighted by Gasteiger charge is 2.20. The van der Waals surface area contributed by atoms with Gasteiger partial charge >= 0.3 is 0 Å². The number of nitrogens with one attached hydrogen (secondary N) is 2. The molecule has 1 amide bonds. The number of fused-ring (bicyclic) bond motifs is 1. The summed E-state index contributed by atoms with van der Waals surface area (Å²) in [5, 5.41) is 4.73. The quantitative estimate of drug-likeness (QED) is 0.506. The molecule has 0 aliphatic carbocycles. The first-order valence-corrected chi connectivity index (χ1v) is 10.3. The van der Waals surface area contributed by atoms with Gasteiger partial charge in [0.25, 0.3) is 5.91 Å². The maximum atomic E-state index is 12.7. The molecule has 31 heavy (non-hydrogen) atoms. The summed E-state index contributed by atoms with van der Waals surface area (Å²) in [5.74, 6) is 0.429. The van der Waals surface area contributed by atoms with Gasteiger partial charge in [0.15, 0.2) is 0 Å². The Kier molecular flexibility index (Phi) is 5.23. The molecule has 8 nitrogen and oxygen atoms in total. The molecule has 0 spiro atoms. The van der Waals surface area contributed by atoms with Crippen LogP contribution in [0.2, 0.25) is 5.02 Å². The van der Waals surface area contributed by atoms with Crippen LogP contribution in [0.5, 0.6) is 0 Å². The number of carbonyl (C=O) groups excluding carboxylic acids is 1. The second-order valence-corrected chi connectivity index (χ2v) is 7.58. The number of hydrogen-bond donors (Lipinski definition) is 2. The minimum absolute atomic E-state index is 0.0148. The molecule has 1 aliphatic rings. The Morgan fingerprint density at radius 3 is 2.71 bits per heavy atom. The SMILES string of the molecule is O=C(c1cc2cc(Nc3nccc(-c4cc(Cl)ccn4)n3)ccc2[nH]1)N1CCOCC1. The van der Waals surface area contributed by atoms with Gasteiger partial charge in [-0.3, -0.25) is 9.78 Å². The summed E-state index contributed by atoms with van der Waals surface area (Å²) < 4.78 is 5.32. The van der Waals surface area contributed by atoms with Crippen molar-refractivity contribution in [3.05, 3.63) is 65.6 Å². The summed E-state index contributed by atoms with van der Waals surface area (Å²) in [6.07, 6.45) is 3.31. The highest BCUT2D eigenvalue weighted by Crippen LogP contribution is 2.24. The van der Waals surface area contributed by atoms with E-state index in [-0.39, 0.29) is 5.91 Å². The number of aromatic nitrogens is 4. The van der Waals surface area contributed by atoms with E-state index in [0.717, 1.165) is 16.6 Å². The summed E-state index contributed by atoms with van der Waals surface area (Å²) >= 11 is 6.06. The number of ether oxygens (including phenoxy) is 1. The summed E-state index contributed by atoms with van der Waals surface area (Å²) in [5.41, 5.74) is 3.61. The number of aromatic amines is 1. The third-order valence-electron chi connectivity index (χ3n) is 5.05. The molecule has 156 valence electrons. The van der Waals surface area contributed by atoms with Crippen LogP contribution in [0.3, 0.4) is 0 Å². The Morgan fingerprint density at radius 2 is 1.87 bits per heavy atom. The monoisotopic (exact) mass is 434 g/mol. The molecule has 3 aromatic heterocycles. The zero-order valence-electron chi connectivity index (χ0n) is 16.5. The third-order valence-corrected chi connectivity index (χ3v) is 5.28. The number of hydrogen-bond acceptors (Lipinski definition) is 6. The zero-order chi connectivity index (χ0) is 21.2. The Balaban J connectivity index is 1.37. The van der Waals surface area contributed by atoms with Crippen molar-refractivity contribution < 1.29 is 9.53 Å². The first-order valence-electron chi connectivity index (χ1n) is 9.87. The lowest BCUT2D eigenvalue weighted by atomic mass is 10.2. The van der Waals surface area contributed by atoms with Crippen LogP contribution in [-0.4, -0.2) is 57.0 Å². The molecule has 0 atom stereocenters. The summed E-state index contributed by atoms with van der Waals surface area (Å²) in [6, 6.07) is 12.9. The molecular weight excluding hydrogens is 416 g/mol. The highest BCUT2D eigenvalue weighted by molar-refractivity contribution is 6.30. The van der Waals surface area contributed by atoms with E-state index >= 15 is 0 Å². The lowest BCUT2D eigenvalue weighted by Gasteiger charge is -2.26. The topological polar surface area (TPSA) is 96.0 Å². The number of amides is 1. The van der Waals surface area contributed by atoms with Crippen LogP contribution in [0.4, 0.5) is 11.6 Å². The fourth-order valence-corrected chi connectivity index (χ4v) is 3.66. The van der Waals surface area contributed by atoms with Crippen molar-refractivity contribution in [2.45, 2.75) is 0 Å². The average Bonchev–Trinajstić information content (AvgIpc) is 3.23. The third kappa shape index (κ3) is 4.21. The van der Waals surface area contributed by atoms with Crippen molar-refractivity contribution in [2.75, 3.05) is 31.6 Å². The molecule has 0 bridgehead atoms. The van der Waals surface area contributed by atoms with E-state index in [2.05, 4.69) is 25.3 Å². The van der Waals surface area contributed by atoms with Crippen LogP contribution in [0.15, 0.2) is 54.9 Å². The van der Waals surface area contributed by atoms with Crippen molar-refractivity contribution >= 4 is 40.0 Å². The molecular formula is C22H19ClN6O2. The van der Waals surface area contributed by atoms with Gasteiger partial charge < -0.3 is 19.9 Å². The van der Waals surface area contributed by atoms with E-state index in [1.807, 2.05) is 24.3 Å². The van der Waals surface area contributed by atoms with E-state index < -0.39 is 0 Å². The Labute approximate surface area is 183 Å². The second kappa shape index (κ2) is 8.33. The fourth-order valence-electron chi connectivity index (χ4n) is 3.50. The van der Waals surface area contributed by atoms with Gasteiger partial charge in [-0.25, -0.2) is 9.97 Å². The minimum atomic E-state index is -0.0148. The number of H-pyrrole nitrogens is 1. The number of anilines is 2. The van der Waals surface area contributed by atoms with Crippen molar-refractivity contribution in [3.8, 4) is 11.4 Å². The van der Waals surface area contributed by atoms with E-state index in [4.69, 9.17) is 16.3 Å². The van der Waals surface area contributed by atoms with Crippen LogP contribution in [0.1, 0.15) is 10.5 Å². The molecule has 4 heterocycles. The second-order valence-electron chi connectivity index (χ2n) is 7.14. The van der Waals surface area contributed by atoms with Crippen LogP contribution in [-0.2, 0) is 4.74 Å². The maximum Gasteiger partial charge on any atom is 0.270 e. The summed E-state index contributed by atoms with van der Waals surface area (Å²) in [4.78, 5) is 30.9. The fraction of sp³-hybridized carbons (Fsp3) is 0.182. The number of halogens is 1. The minimum Gasteiger partial charge on any atom is -0.378 e. The summed E-state index contributed by atoms with van der Waals surface area (Å²) in [6.45, 7) is 2.36. The van der Waals surface area contributed by atoms with Crippen LogP contribution < -0.4 is 5.32 Å². The molecule has 4 aromatic rings. The van der Waals surface area contributed by atoms with Crippen LogP contribution in [0, 0.1) is 0 Å². The van der Waals surface area contributed by atoms with E-state index in [1.165, 1.54) is 0 Å². The number of nitrogens with zero attached hydrogens (tertiary/aromatic N) is 4. The Morgan fingerprint density at radius 1 is 1.03 bits per heavy atom. The number of morpholine rings is 1. The average molecular weight is 435 g/mol. The van der Waals surface area contributed by atoms with Crippen molar-refractivity contribution in [3.63, 3.8) is 0 Å². The molecule has 1 saturated heterocycles. The van der Waals surface area contributed by atoms with Crippen molar-refractivity contribution in [1.29, 1.82) is 0 Å². The zero-order valence-corrected chi connectivity index (χ0v) is 17.3. The molecule has 0 radical (unpaired) electrons. The predicted octanol–water partition coefficient (Wildman–Crippen LogP) is 3.89. The van der Waals surface area contributed by atoms with Crippen molar-refractivity contribution in [2.24, 2.45) is 0 Å². The van der Waals surface area contributed by atoms with Gasteiger partial charge in [0.2, 0.25) is 5.95 Å². The maximum absolute atomic E-state index is 12.7. The van der Waals surface area contributed by atoms with Crippen molar-refractivity contribution in [1.82, 2.24) is 24.8 Å². The van der Waals surface area contributed by atoms with Gasteiger partial charge in [0.1, 0.15) is 5.69 Å². The number of rotatable bonds is 4. The van der Waals surface area contributed by atoms with E-state index in [9.17, 15) is 4.79 Å². The normalized spacial score (nSPS) is 14.0. The van der Waals surface area contributed by atoms with Gasteiger partial charge in [0.05, 0.1) is 24.6 Å². The molecule has 2 N–H and O–H groups in total. The predicted molar refractivity (Wildman–Crippen MR) is 119 cm³/mol. The lowest BCUT2D eigenvalue weighted by Crippen LogP contribution is -2.40. The first-order chi connectivity index (χ1) is 15.2. The smallest absolute Gasteiger partial charge is 0.270 e. The van der Waals surface area contributed by atoms with Crippen LogP contribution in [0.25, 0.3) is 22.3 Å². The Bertz CT molecular complexity index is 1250. The Hall–Kier alpha value is -3.49. The van der Waals surface area contributed by atoms with Crippen LogP contribution >= 0.6 is 11.6 Å². The molecule has 0 saturated carbocycles. The van der Waals surface area contributed by atoms with Gasteiger partial charge in [-0.15, -0.1) is 0 Å². The number of benzene rings is 1. The first kappa shape index (κ1) is 19.5. The van der Waals surface area contributed by atoms with Gasteiger partial charge in [0, 0.05) is 47.1 Å². The molecule has 5 rings (SSSR count). The van der Waals surface area contributed by atoms with Gasteiger partial charge in [-0.05, 0) is 42.5 Å².